The Balaban J connectivity index is 3.16. The van der Waals surface area contributed by atoms with E-state index in [1.165, 1.54) is 26.4 Å². The molecule has 5 nitrogen and oxygen atoms in total. The summed E-state index contributed by atoms with van der Waals surface area (Å²) in [7, 11) is 2.51. The van der Waals surface area contributed by atoms with E-state index in [2.05, 4.69) is 14.5 Å². The van der Waals surface area contributed by atoms with Gasteiger partial charge in [0.05, 0.1) is 14.2 Å². The van der Waals surface area contributed by atoms with Crippen molar-refractivity contribution in [3.05, 3.63) is 29.1 Å². The summed E-state index contributed by atoms with van der Waals surface area (Å²) in [4.78, 5) is 26.2. The summed E-state index contributed by atoms with van der Waals surface area (Å²) in [6.45, 7) is 1.75. The Morgan fingerprint density at radius 1 is 1.07 bits per heavy atom. The van der Waals surface area contributed by atoms with E-state index in [0.29, 0.717) is 0 Å². The number of rotatable bonds is 2. The highest BCUT2D eigenvalue weighted by molar-refractivity contribution is 5.91. The number of ether oxygens (including phenoxy) is 2. The Bertz CT molecular complexity index is 366. The zero-order chi connectivity index (χ0) is 11.4. The lowest BCUT2D eigenvalue weighted by molar-refractivity contribution is 0.0585. The van der Waals surface area contributed by atoms with Gasteiger partial charge >= 0.3 is 11.9 Å². The fraction of sp³-hybridized carbons (Fsp3) is 0.300. The molecule has 0 fully saturated rings. The minimum atomic E-state index is -0.580. The van der Waals surface area contributed by atoms with Gasteiger partial charge in [0.25, 0.3) is 0 Å². The van der Waals surface area contributed by atoms with Crippen molar-refractivity contribution in [1.82, 2.24) is 4.98 Å². The number of carbonyl (C=O) groups excluding carboxylic acids is 2. The lowest BCUT2D eigenvalue weighted by atomic mass is 10.2. The molecule has 0 radical (unpaired) electrons. The second-order valence-electron chi connectivity index (χ2n) is 2.90. The molecule has 0 bridgehead atoms. The van der Waals surface area contributed by atoms with Crippen LogP contribution in [0, 0.1) is 6.92 Å². The number of aryl methyl sites for hydroxylation is 1. The Labute approximate surface area is 87.0 Å². The van der Waals surface area contributed by atoms with Crippen LogP contribution in [0.1, 0.15) is 26.5 Å². The first-order valence-electron chi connectivity index (χ1n) is 4.23. The van der Waals surface area contributed by atoms with Crippen LogP contribution in [0.25, 0.3) is 0 Å². The molecule has 5 heteroatoms. The second kappa shape index (κ2) is 4.54. The van der Waals surface area contributed by atoms with Gasteiger partial charge in [0.1, 0.15) is 11.4 Å². The lowest BCUT2D eigenvalue weighted by Gasteiger charge is -2.03. The fourth-order valence-electron chi connectivity index (χ4n) is 1.09. The summed E-state index contributed by atoms with van der Waals surface area (Å²) in [5, 5.41) is 0. The van der Waals surface area contributed by atoms with Crippen molar-refractivity contribution in [2.24, 2.45) is 0 Å². The molecular weight excluding hydrogens is 198 g/mol. The summed E-state index contributed by atoms with van der Waals surface area (Å²) >= 11 is 0. The number of carbonyl (C=O) groups is 2. The summed E-state index contributed by atoms with van der Waals surface area (Å²) < 4.78 is 9.01. The largest absolute Gasteiger partial charge is 0.464 e. The maximum Gasteiger partial charge on any atom is 0.356 e. The maximum absolute atomic E-state index is 11.2. The molecule has 1 aromatic heterocycles. The van der Waals surface area contributed by atoms with Gasteiger partial charge in [0, 0.05) is 0 Å². The van der Waals surface area contributed by atoms with E-state index in [4.69, 9.17) is 0 Å². The van der Waals surface area contributed by atoms with Gasteiger partial charge in [-0.1, -0.05) is 0 Å². The van der Waals surface area contributed by atoms with Crippen molar-refractivity contribution >= 4 is 11.9 Å². The highest BCUT2D eigenvalue weighted by atomic mass is 16.5. The van der Waals surface area contributed by atoms with E-state index in [0.717, 1.165) is 5.56 Å². The third kappa shape index (κ3) is 2.52. The van der Waals surface area contributed by atoms with Crippen LogP contribution in [0.5, 0.6) is 0 Å². The average Bonchev–Trinajstić information content (AvgIpc) is 2.26. The number of methoxy groups -OCH3 is 2. The third-order valence-corrected chi connectivity index (χ3v) is 1.76. The lowest BCUT2D eigenvalue weighted by Crippen LogP contribution is -2.11. The minimum Gasteiger partial charge on any atom is -0.464 e. The second-order valence-corrected chi connectivity index (χ2v) is 2.90. The van der Waals surface area contributed by atoms with Crippen LogP contribution < -0.4 is 0 Å². The van der Waals surface area contributed by atoms with Crippen molar-refractivity contribution in [3.8, 4) is 0 Å². The Morgan fingerprint density at radius 3 is 1.80 bits per heavy atom. The van der Waals surface area contributed by atoms with Crippen molar-refractivity contribution in [1.29, 1.82) is 0 Å². The molecule has 0 unspecified atom stereocenters. The molecule has 0 aromatic carbocycles. The van der Waals surface area contributed by atoms with Gasteiger partial charge in [0.15, 0.2) is 0 Å². The summed E-state index contributed by atoms with van der Waals surface area (Å²) in [6.07, 6.45) is 0. The first-order chi connectivity index (χ1) is 7.08. The Kier molecular flexibility index (Phi) is 3.38. The normalized spacial score (nSPS) is 9.53. The van der Waals surface area contributed by atoms with E-state index < -0.39 is 11.9 Å². The summed E-state index contributed by atoms with van der Waals surface area (Å²) in [6, 6.07) is 3.08. The van der Waals surface area contributed by atoms with Crippen molar-refractivity contribution < 1.29 is 19.1 Å². The van der Waals surface area contributed by atoms with Gasteiger partial charge in [-0.3, -0.25) is 0 Å². The van der Waals surface area contributed by atoms with E-state index in [-0.39, 0.29) is 11.4 Å². The number of hydrogen-bond donors (Lipinski definition) is 0. The maximum atomic E-state index is 11.2. The number of aromatic nitrogens is 1. The molecule has 0 N–H and O–H groups in total. The molecule has 0 saturated heterocycles. The predicted octanol–water partition coefficient (Wildman–Crippen LogP) is 0.963. The third-order valence-electron chi connectivity index (χ3n) is 1.76. The molecule has 1 rings (SSSR count). The van der Waals surface area contributed by atoms with Crippen LogP contribution in [0.4, 0.5) is 0 Å². The molecule has 0 spiro atoms. The molecule has 1 heterocycles. The fourth-order valence-corrected chi connectivity index (χ4v) is 1.09. The van der Waals surface area contributed by atoms with Gasteiger partial charge in [-0.2, -0.15) is 0 Å². The zero-order valence-electron chi connectivity index (χ0n) is 8.73. The SMILES string of the molecule is COC(=O)c1cc(C)cc(C(=O)OC)n1. The molecule has 0 saturated carbocycles. The standard InChI is InChI=1S/C10H11NO4/c1-6-4-7(9(12)14-2)11-8(5-6)10(13)15-3/h4-5H,1-3H3. The topological polar surface area (TPSA) is 65.5 Å². The quantitative estimate of drug-likeness (QED) is 0.679. The molecule has 80 valence electrons. The Morgan fingerprint density at radius 2 is 1.47 bits per heavy atom. The number of esters is 2. The van der Waals surface area contributed by atoms with E-state index >= 15 is 0 Å². The number of hydrogen-bond acceptors (Lipinski definition) is 5. The number of pyridine rings is 1. The average molecular weight is 209 g/mol. The molecule has 0 aliphatic heterocycles. The van der Waals surface area contributed by atoms with Crippen molar-refractivity contribution in [3.63, 3.8) is 0 Å². The van der Waals surface area contributed by atoms with E-state index in [1.54, 1.807) is 6.92 Å². The van der Waals surface area contributed by atoms with Crippen LogP contribution in [0.2, 0.25) is 0 Å². The molecular formula is C10H11NO4. The van der Waals surface area contributed by atoms with Gasteiger partial charge in [0.2, 0.25) is 0 Å². The molecule has 0 atom stereocenters. The highest BCUT2D eigenvalue weighted by Crippen LogP contribution is 2.07. The summed E-state index contributed by atoms with van der Waals surface area (Å²) in [5.74, 6) is -1.16. The predicted molar refractivity (Wildman–Crippen MR) is 51.7 cm³/mol. The van der Waals surface area contributed by atoms with Crippen LogP contribution in [-0.2, 0) is 9.47 Å². The smallest absolute Gasteiger partial charge is 0.356 e. The van der Waals surface area contributed by atoms with Gasteiger partial charge in [-0.05, 0) is 24.6 Å². The first-order valence-corrected chi connectivity index (χ1v) is 4.23. The van der Waals surface area contributed by atoms with Gasteiger partial charge in [-0.15, -0.1) is 0 Å². The van der Waals surface area contributed by atoms with Crippen LogP contribution in [0.15, 0.2) is 12.1 Å². The first kappa shape index (κ1) is 11.2. The minimum absolute atomic E-state index is 0.0953. The molecule has 15 heavy (non-hydrogen) atoms. The molecule has 0 aliphatic carbocycles. The summed E-state index contributed by atoms with van der Waals surface area (Å²) in [5.41, 5.74) is 0.932. The zero-order valence-corrected chi connectivity index (χ0v) is 8.73. The van der Waals surface area contributed by atoms with Gasteiger partial charge in [-0.25, -0.2) is 14.6 Å². The van der Waals surface area contributed by atoms with E-state index in [1.807, 2.05) is 0 Å². The van der Waals surface area contributed by atoms with Gasteiger partial charge < -0.3 is 9.47 Å². The van der Waals surface area contributed by atoms with E-state index in [9.17, 15) is 9.59 Å². The number of nitrogens with zero attached hydrogens (tertiary/aromatic N) is 1. The van der Waals surface area contributed by atoms with Crippen molar-refractivity contribution in [2.75, 3.05) is 14.2 Å². The monoisotopic (exact) mass is 209 g/mol. The van der Waals surface area contributed by atoms with Crippen LogP contribution in [-0.4, -0.2) is 31.1 Å². The Hall–Kier alpha value is -1.91. The van der Waals surface area contributed by atoms with Crippen LogP contribution >= 0.6 is 0 Å². The molecule has 1 aromatic rings. The van der Waals surface area contributed by atoms with Crippen LogP contribution in [0.3, 0.4) is 0 Å². The van der Waals surface area contributed by atoms with Crippen molar-refractivity contribution in [2.45, 2.75) is 6.92 Å². The highest BCUT2D eigenvalue weighted by Gasteiger charge is 2.13. The molecule has 0 amide bonds. The molecule has 0 aliphatic rings.